The lowest BCUT2D eigenvalue weighted by molar-refractivity contribution is -0.136. The van der Waals surface area contributed by atoms with Crippen molar-refractivity contribution < 1.29 is 17.9 Å². The van der Waals surface area contributed by atoms with E-state index >= 15 is 0 Å². The molecule has 1 amide bonds. The second-order valence-electron chi connectivity index (χ2n) is 6.02. The van der Waals surface area contributed by atoms with Gasteiger partial charge in [-0.3, -0.25) is 4.79 Å². The van der Waals surface area contributed by atoms with Crippen LogP contribution in [-0.4, -0.2) is 48.4 Å². The molecule has 0 aliphatic carbocycles. The molecular weight excluding hydrogens is 340 g/mol. The molecule has 0 saturated carbocycles. The van der Waals surface area contributed by atoms with Gasteiger partial charge in [0, 0.05) is 24.8 Å². The van der Waals surface area contributed by atoms with E-state index in [-0.39, 0.29) is 30.1 Å². The Morgan fingerprint density at radius 2 is 1.92 bits per heavy atom. The average Bonchev–Trinajstić information content (AvgIpc) is 2.99. The first-order valence-electron chi connectivity index (χ1n) is 8.11. The maximum atomic E-state index is 12.7. The van der Waals surface area contributed by atoms with Crippen LogP contribution < -0.4 is 4.74 Å². The number of nitrogens with zero attached hydrogens (tertiary/aromatic N) is 2. The van der Waals surface area contributed by atoms with Crippen LogP contribution in [0.5, 0.6) is 5.88 Å². The Morgan fingerprint density at radius 1 is 1.16 bits per heavy atom. The van der Waals surface area contributed by atoms with Crippen LogP contribution in [0.3, 0.4) is 0 Å². The van der Waals surface area contributed by atoms with E-state index in [0.29, 0.717) is 18.8 Å². The van der Waals surface area contributed by atoms with Gasteiger partial charge in [0.25, 0.3) is 5.91 Å². The molecule has 6 nitrogen and oxygen atoms in total. The van der Waals surface area contributed by atoms with Crippen LogP contribution in [0.4, 0.5) is 0 Å². The topological polar surface area (TPSA) is 76.6 Å². The Bertz CT molecular complexity index is 809. The van der Waals surface area contributed by atoms with E-state index in [0.717, 1.165) is 5.56 Å². The SMILES string of the molecule is O=C(COc1ccccn1)N(Cc1ccccc1)[C@H]1CCS(=O)(=O)C1. The molecule has 7 heteroatoms. The van der Waals surface area contributed by atoms with Gasteiger partial charge in [0.2, 0.25) is 5.88 Å². The lowest BCUT2D eigenvalue weighted by atomic mass is 10.1. The molecule has 1 aromatic heterocycles. The molecule has 1 aliphatic heterocycles. The number of rotatable bonds is 6. The van der Waals surface area contributed by atoms with Crippen LogP contribution in [0.1, 0.15) is 12.0 Å². The van der Waals surface area contributed by atoms with Gasteiger partial charge in [0.1, 0.15) is 0 Å². The summed E-state index contributed by atoms with van der Waals surface area (Å²) in [4.78, 5) is 18.3. The first-order chi connectivity index (χ1) is 12.0. The molecule has 1 aliphatic rings. The Balaban J connectivity index is 1.72. The van der Waals surface area contributed by atoms with Crippen molar-refractivity contribution in [3.05, 3.63) is 60.3 Å². The van der Waals surface area contributed by atoms with E-state index in [1.807, 2.05) is 30.3 Å². The lowest BCUT2D eigenvalue weighted by Gasteiger charge is -2.28. The zero-order valence-corrected chi connectivity index (χ0v) is 14.6. The number of pyridine rings is 1. The van der Waals surface area contributed by atoms with Gasteiger partial charge in [-0.05, 0) is 18.1 Å². The highest BCUT2D eigenvalue weighted by atomic mass is 32.2. The molecule has 0 radical (unpaired) electrons. The maximum Gasteiger partial charge on any atom is 0.261 e. The second-order valence-corrected chi connectivity index (χ2v) is 8.25. The third-order valence-electron chi connectivity index (χ3n) is 4.15. The number of sulfone groups is 1. The number of aromatic nitrogens is 1. The third kappa shape index (κ3) is 4.79. The van der Waals surface area contributed by atoms with Gasteiger partial charge in [-0.1, -0.05) is 36.4 Å². The normalized spacial score (nSPS) is 18.6. The van der Waals surface area contributed by atoms with Gasteiger partial charge >= 0.3 is 0 Å². The zero-order chi connectivity index (χ0) is 17.7. The Labute approximate surface area is 147 Å². The summed E-state index contributed by atoms with van der Waals surface area (Å²) in [6.07, 6.45) is 2.05. The number of benzene rings is 1. The van der Waals surface area contributed by atoms with E-state index in [2.05, 4.69) is 4.98 Å². The largest absolute Gasteiger partial charge is 0.468 e. The van der Waals surface area contributed by atoms with Gasteiger partial charge in [0.05, 0.1) is 11.5 Å². The molecule has 0 bridgehead atoms. The van der Waals surface area contributed by atoms with Crippen molar-refractivity contribution in [1.29, 1.82) is 0 Å². The Kier molecular flexibility index (Phi) is 5.33. The minimum atomic E-state index is -3.08. The smallest absolute Gasteiger partial charge is 0.261 e. The van der Waals surface area contributed by atoms with Crippen LogP contribution in [0.15, 0.2) is 54.7 Å². The van der Waals surface area contributed by atoms with Gasteiger partial charge in [-0.25, -0.2) is 13.4 Å². The standard InChI is InChI=1S/C18H20N2O4S/c21-18(13-24-17-8-4-5-10-19-17)20(12-15-6-2-1-3-7-15)16-9-11-25(22,23)14-16/h1-8,10,16H,9,11-14H2/t16-/m0/s1. The molecule has 3 rings (SSSR count). The number of hydrogen-bond donors (Lipinski definition) is 0. The monoisotopic (exact) mass is 360 g/mol. The third-order valence-corrected chi connectivity index (χ3v) is 5.90. The van der Waals surface area contributed by atoms with Crippen LogP contribution in [0.2, 0.25) is 0 Å². The molecule has 0 spiro atoms. The lowest BCUT2D eigenvalue weighted by Crippen LogP contribution is -2.43. The summed E-state index contributed by atoms with van der Waals surface area (Å²) in [5.41, 5.74) is 0.956. The Hall–Kier alpha value is -2.41. The first kappa shape index (κ1) is 17.4. The highest BCUT2D eigenvalue weighted by Gasteiger charge is 2.34. The molecule has 1 aromatic carbocycles. The van der Waals surface area contributed by atoms with Crippen LogP contribution in [-0.2, 0) is 21.2 Å². The molecule has 1 saturated heterocycles. The molecular formula is C18H20N2O4S. The van der Waals surface area contributed by atoms with Crippen LogP contribution >= 0.6 is 0 Å². The molecule has 0 N–H and O–H groups in total. The van der Waals surface area contributed by atoms with Crippen molar-refractivity contribution in [3.8, 4) is 5.88 Å². The first-order valence-corrected chi connectivity index (χ1v) is 9.93. The summed E-state index contributed by atoms with van der Waals surface area (Å²) in [6.45, 7) is 0.200. The number of hydrogen-bond acceptors (Lipinski definition) is 5. The van der Waals surface area contributed by atoms with E-state index in [9.17, 15) is 13.2 Å². The molecule has 1 atom stereocenters. The molecule has 2 aromatic rings. The zero-order valence-electron chi connectivity index (χ0n) is 13.7. The minimum Gasteiger partial charge on any atom is -0.468 e. The average molecular weight is 360 g/mol. The molecule has 2 heterocycles. The number of carbonyl (C=O) groups is 1. The second kappa shape index (κ2) is 7.65. The predicted octanol–water partition coefficient (Wildman–Crippen LogP) is 1.68. The van der Waals surface area contributed by atoms with E-state index in [4.69, 9.17) is 4.74 Å². The van der Waals surface area contributed by atoms with Gasteiger partial charge in [-0.15, -0.1) is 0 Å². The van der Waals surface area contributed by atoms with Crippen molar-refractivity contribution in [1.82, 2.24) is 9.88 Å². The summed E-state index contributed by atoms with van der Waals surface area (Å²) < 4.78 is 29.1. The number of amides is 1. The maximum absolute atomic E-state index is 12.7. The van der Waals surface area contributed by atoms with Gasteiger partial charge in [0.15, 0.2) is 16.4 Å². The van der Waals surface area contributed by atoms with Gasteiger partial charge in [-0.2, -0.15) is 0 Å². The van der Waals surface area contributed by atoms with Crippen molar-refractivity contribution in [2.75, 3.05) is 18.1 Å². The number of carbonyl (C=O) groups excluding carboxylic acids is 1. The van der Waals surface area contributed by atoms with E-state index in [1.165, 1.54) is 0 Å². The van der Waals surface area contributed by atoms with Crippen molar-refractivity contribution in [2.45, 2.75) is 19.0 Å². The summed E-state index contributed by atoms with van der Waals surface area (Å²) >= 11 is 0. The van der Waals surface area contributed by atoms with Crippen LogP contribution in [0, 0.1) is 0 Å². The quantitative estimate of drug-likeness (QED) is 0.783. The highest BCUT2D eigenvalue weighted by molar-refractivity contribution is 7.91. The molecule has 0 unspecified atom stereocenters. The minimum absolute atomic E-state index is 0.00909. The molecule has 25 heavy (non-hydrogen) atoms. The van der Waals surface area contributed by atoms with E-state index < -0.39 is 9.84 Å². The van der Waals surface area contributed by atoms with Crippen molar-refractivity contribution >= 4 is 15.7 Å². The molecule has 1 fully saturated rings. The summed E-state index contributed by atoms with van der Waals surface area (Å²) in [6, 6.07) is 14.4. The van der Waals surface area contributed by atoms with Crippen molar-refractivity contribution in [2.24, 2.45) is 0 Å². The van der Waals surface area contributed by atoms with E-state index in [1.54, 1.807) is 29.3 Å². The fourth-order valence-electron chi connectivity index (χ4n) is 2.87. The van der Waals surface area contributed by atoms with Crippen LogP contribution in [0.25, 0.3) is 0 Å². The van der Waals surface area contributed by atoms with Crippen molar-refractivity contribution in [3.63, 3.8) is 0 Å². The highest BCUT2D eigenvalue weighted by Crippen LogP contribution is 2.20. The number of ether oxygens (including phenoxy) is 1. The summed E-state index contributed by atoms with van der Waals surface area (Å²) in [5.74, 6) is 0.262. The Morgan fingerprint density at radius 3 is 2.56 bits per heavy atom. The fraction of sp³-hybridized carbons (Fsp3) is 0.333. The summed E-state index contributed by atoms with van der Waals surface area (Å²) in [7, 11) is -3.08. The summed E-state index contributed by atoms with van der Waals surface area (Å²) in [5, 5.41) is 0. The molecule has 132 valence electrons. The predicted molar refractivity (Wildman–Crippen MR) is 93.8 cm³/mol. The van der Waals surface area contributed by atoms with Gasteiger partial charge < -0.3 is 9.64 Å². The fourth-order valence-corrected chi connectivity index (χ4v) is 4.60.